The quantitative estimate of drug-likeness (QED) is 0.480. The third-order valence-electron chi connectivity index (χ3n) is 6.09. The van der Waals surface area contributed by atoms with E-state index in [-0.39, 0.29) is 37.1 Å². The van der Waals surface area contributed by atoms with Crippen molar-refractivity contribution in [3.05, 3.63) is 83.4 Å². The van der Waals surface area contributed by atoms with Crippen LogP contribution in [0.4, 0.5) is 13.2 Å². The first-order valence-corrected chi connectivity index (χ1v) is 11.1. The summed E-state index contributed by atoms with van der Waals surface area (Å²) >= 11 is 0. The molecular weight excluding hydrogens is 465 g/mol. The highest BCUT2D eigenvalue weighted by Gasteiger charge is 2.31. The average molecular weight is 493 g/mol. The van der Waals surface area contributed by atoms with Crippen molar-refractivity contribution >= 4 is 29.1 Å². The Morgan fingerprint density at radius 3 is 2.62 bits per heavy atom. The monoisotopic (exact) mass is 492 g/mol. The van der Waals surface area contributed by atoms with Crippen molar-refractivity contribution in [3.63, 3.8) is 0 Å². The molecule has 34 heavy (non-hydrogen) atoms. The van der Waals surface area contributed by atoms with Crippen molar-refractivity contribution in [1.82, 2.24) is 10.2 Å². The zero-order valence-corrected chi connectivity index (χ0v) is 19.7. The number of carbonyl (C=O) groups excluding carboxylic acids is 1. The van der Waals surface area contributed by atoms with Crippen LogP contribution in [-0.2, 0) is 22.1 Å². The van der Waals surface area contributed by atoms with Gasteiger partial charge in [0.2, 0.25) is 5.91 Å². The van der Waals surface area contributed by atoms with Crippen molar-refractivity contribution < 1.29 is 22.7 Å². The molecule has 1 saturated heterocycles. The zero-order valence-electron chi connectivity index (χ0n) is 18.8. The molecule has 0 aromatic heterocycles. The number of carbonyl (C=O) groups is 1. The minimum Gasteiger partial charge on any atom is -0.365 e. The molecule has 1 aliphatic rings. The number of ether oxygens (including phenoxy) is 1. The first-order chi connectivity index (χ1) is 15.8. The number of hydrogen-bond donors (Lipinski definition) is 1. The Balaban J connectivity index is 0.00000324. The van der Waals surface area contributed by atoms with Gasteiger partial charge in [-0.1, -0.05) is 60.7 Å². The summed E-state index contributed by atoms with van der Waals surface area (Å²) in [5.74, 6) is -0.139. The van der Waals surface area contributed by atoms with Crippen LogP contribution in [0.15, 0.2) is 66.7 Å². The maximum absolute atomic E-state index is 12.9. The second-order valence-corrected chi connectivity index (χ2v) is 8.42. The van der Waals surface area contributed by atoms with Crippen molar-refractivity contribution in [3.8, 4) is 0 Å². The van der Waals surface area contributed by atoms with Crippen LogP contribution >= 0.6 is 12.4 Å². The fourth-order valence-corrected chi connectivity index (χ4v) is 4.23. The van der Waals surface area contributed by atoms with Crippen molar-refractivity contribution in [2.45, 2.75) is 31.7 Å². The molecule has 1 unspecified atom stereocenters. The Bertz CT molecular complexity index is 1120. The molecule has 0 spiro atoms. The number of nitrogens with zero attached hydrogens (tertiary/aromatic N) is 1. The summed E-state index contributed by atoms with van der Waals surface area (Å²) in [6.45, 7) is 3.42. The number of alkyl halides is 3. The fraction of sp³-hybridized carbons (Fsp3) is 0.346. The highest BCUT2D eigenvalue weighted by atomic mass is 35.5. The van der Waals surface area contributed by atoms with E-state index < -0.39 is 11.7 Å². The van der Waals surface area contributed by atoms with Gasteiger partial charge in [0.1, 0.15) is 6.61 Å². The lowest BCUT2D eigenvalue weighted by Gasteiger charge is -2.33. The van der Waals surface area contributed by atoms with E-state index in [4.69, 9.17) is 4.74 Å². The van der Waals surface area contributed by atoms with E-state index in [0.717, 1.165) is 12.1 Å². The van der Waals surface area contributed by atoms with Gasteiger partial charge < -0.3 is 15.0 Å². The Morgan fingerprint density at radius 2 is 1.82 bits per heavy atom. The Kier molecular flexibility index (Phi) is 8.57. The molecule has 1 aliphatic heterocycles. The Morgan fingerprint density at radius 1 is 1.09 bits per heavy atom. The predicted octanol–water partition coefficient (Wildman–Crippen LogP) is 5.40. The molecule has 1 N–H and O–H groups in total. The third-order valence-corrected chi connectivity index (χ3v) is 6.09. The molecule has 4 nitrogen and oxygen atoms in total. The lowest BCUT2D eigenvalue weighted by Crippen LogP contribution is -2.50. The van der Waals surface area contributed by atoms with Gasteiger partial charge in [-0.2, -0.15) is 13.2 Å². The molecular formula is C26H28ClF3N2O2. The molecule has 1 amide bonds. The average Bonchev–Trinajstić information content (AvgIpc) is 2.81. The molecule has 4 rings (SSSR count). The normalized spacial score (nSPS) is 17.5. The van der Waals surface area contributed by atoms with Gasteiger partial charge >= 0.3 is 6.18 Å². The number of morpholine rings is 1. The second kappa shape index (κ2) is 11.2. The van der Waals surface area contributed by atoms with Gasteiger partial charge in [0.25, 0.3) is 0 Å². The molecule has 3 aromatic rings. The number of nitrogens with one attached hydrogen (secondary N) is 1. The van der Waals surface area contributed by atoms with E-state index in [1.54, 1.807) is 11.0 Å². The van der Waals surface area contributed by atoms with Crippen molar-refractivity contribution in [2.24, 2.45) is 0 Å². The molecule has 3 aromatic carbocycles. The van der Waals surface area contributed by atoms with Crippen molar-refractivity contribution in [2.75, 3.05) is 26.2 Å². The van der Waals surface area contributed by atoms with Crippen LogP contribution in [0.1, 0.15) is 29.7 Å². The number of amides is 1. The SMILES string of the molecule is C[C@@H](NCC1CN(CCc2cccc(C(F)(F)F)c2)C(=O)CO1)c1cccc2ccccc12.Cl. The molecule has 1 fully saturated rings. The molecule has 0 bridgehead atoms. The standard InChI is InChI=1S/C26H27F3N2O2.ClH/c1-18(23-11-5-8-20-7-2-3-10-24(20)23)30-15-22-16-31(25(32)17-33-22)13-12-19-6-4-9-21(14-19)26(27,28)29;/h2-11,14,18,22,30H,12-13,15-17H2,1H3;1H/t18-,22?;/m1./s1. The van der Waals surface area contributed by atoms with Crippen LogP contribution in [0.3, 0.4) is 0 Å². The maximum Gasteiger partial charge on any atom is 0.416 e. The van der Waals surface area contributed by atoms with E-state index in [2.05, 4.69) is 36.5 Å². The molecule has 2 atom stereocenters. The zero-order chi connectivity index (χ0) is 23.4. The summed E-state index contributed by atoms with van der Waals surface area (Å²) in [5, 5.41) is 5.89. The largest absolute Gasteiger partial charge is 0.416 e. The topological polar surface area (TPSA) is 41.6 Å². The van der Waals surface area contributed by atoms with Gasteiger partial charge in [-0.3, -0.25) is 4.79 Å². The summed E-state index contributed by atoms with van der Waals surface area (Å²) in [7, 11) is 0. The van der Waals surface area contributed by atoms with Crippen LogP contribution < -0.4 is 5.32 Å². The number of benzene rings is 3. The van der Waals surface area contributed by atoms with Crippen LogP contribution in [0.2, 0.25) is 0 Å². The smallest absolute Gasteiger partial charge is 0.365 e. The summed E-state index contributed by atoms with van der Waals surface area (Å²) in [6, 6.07) is 19.8. The summed E-state index contributed by atoms with van der Waals surface area (Å²) in [4.78, 5) is 14.0. The third kappa shape index (κ3) is 6.29. The number of halogens is 4. The van der Waals surface area contributed by atoms with Gasteiger partial charge in [0.15, 0.2) is 0 Å². The second-order valence-electron chi connectivity index (χ2n) is 8.42. The van der Waals surface area contributed by atoms with Gasteiger partial charge in [0.05, 0.1) is 11.7 Å². The predicted molar refractivity (Wildman–Crippen MR) is 129 cm³/mol. The highest BCUT2D eigenvalue weighted by molar-refractivity contribution is 5.86. The van der Waals surface area contributed by atoms with E-state index in [9.17, 15) is 18.0 Å². The Labute approximate surface area is 203 Å². The molecule has 0 radical (unpaired) electrons. The number of rotatable bonds is 7. The molecule has 182 valence electrons. The van der Waals surface area contributed by atoms with Crippen LogP contribution in [0.5, 0.6) is 0 Å². The van der Waals surface area contributed by atoms with Crippen LogP contribution in [0.25, 0.3) is 10.8 Å². The summed E-state index contributed by atoms with van der Waals surface area (Å²) < 4.78 is 44.5. The van der Waals surface area contributed by atoms with E-state index in [1.807, 2.05) is 18.2 Å². The van der Waals surface area contributed by atoms with Gasteiger partial charge in [-0.25, -0.2) is 0 Å². The first-order valence-electron chi connectivity index (χ1n) is 11.1. The fourth-order valence-electron chi connectivity index (χ4n) is 4.23. The van der Waals surface area contributed by atoms with Gasteiger partial charge in [0, 0.05) is 25.7 Å². The summed E-state index contributed by atoms with van der Waals surface area (Å²) in [5.41, 5.74) is 1.09. The lowest BCUT2D eigenvalue weighted by atomic mass is 9.99. The highest BCUT2D eigenvalue weighted by Crippen LogP contribution is 2.29. The van der Waals surface area contributed by atoms with Gasteiger partial charge in [-0.05, 0) is 41.3 Å². The van der Waals surface area contributed by atoms with E-state index >= 15 is 0 Å². The first kappa shape index (κ1) is 26.0. The molecule has 1 heterocycles. The maximum atomic E-state index is 12.9. The number of fused-ring (bicyclic) bond motifs is 1. The van der Waals surface area contributed by atoms with Crippen LogP contribution in [-0.4, -0.2) is 43.2 Å². The molecule has 8 heteroatoms. The van der Waals surface area contributed by atoms with Crippen LogP contribution in [0, 0.1) is 0 Å². The molecule has 0 saturated carbocycles. The minimum absolute atomic E-state index is 0. The Hall–Kier alpha value is -2.61. The minimum atomic E-state index is -4.37. The van der Waals surface area contributed by atoms with E-state index in [1.165, 1.54) is 22.4 Å². The van der Waals surface area contributed by atoms with E-state index in [0.29, 0.717) is 31.6 Å². The summed E-state index contributed by atoms with van der Waals surface area (Å²) in [6.07, 6.45) is -4.19. The van der Waals surface area contributed by atoms with Gasteiger partial charge in [-0.15, -0.1) is 12.4 Å². The molecule has 0 aliphatic carbocycles. The lowest BCUT2D eigenvalue weighted by molar-refractivity contribution is -0.148. The van der Waals surface area contributed by atoms with Crippen molar-refractivity contribution in [1.29, 1.82) is 0 Å². The number of hydrogen-bond acceptors (Lipinski definition) is 3.